The van der Waals surface area contributed by atoms with Crippen molar-refractivity contribution in [3.05, 3.63) is 82.6 Å². The zero-order valence-corrected chi connectivity index (χ0v) is 19.3. The Balaban J connectivity index is 1.81. The molecule has 34 heavy (non-hydrogen) atoms. The molecule has 0 bridgehead atoms. The largest absolute Gasteiger partial charge is 0.506 e. The number of halogens is 2. The minimum Gasteiger partial charge on any atom is -0.506 e. The lowest BCUT2D eigenvalue weighted by molar-refractivity contribution is 0.0735. The molecule has 4 aromatic rings. The number of carbonyl (C=O) groups is 1. The molecule has 1 aliphatic rings. The number of aryl methyl sites for hydroxylation is 1. The molecule has 5 rings (SSSR count). The molecular formula is C26H23ClFN3O3. The highest BCUT2D eigenvalue weighted by Crippen LogP contribution is 2.42. The highest BCUT2D eigenvalue weighted by Gasteiger charge is 2.30. The Morgan fingerprint density at radius 3 is 2.56 bits per heavy atom. The quantitative estimate of drug-likeness (QED) is 0.418. The molecule has 0 aliphatic carbocycles. The fourth-order valence-electron chi connectivity index (χ4n) is 4.22. The second kappa shape index (κ2) is 9.00. The van der Waals surface area contributed by atoms with Gasteiger partial charge in [-0.1, -0.05) is 35.9 Å². The van der Waals surface area contributed by atoms with Crippen LogP contribution in [-0.2, 0) is 0 Å². The monoisotopic (exact) mass is 479 g/mol. The van der Waals surface area contributed by atoms with E-state index in [1.165, 1.54) is 18.2 Å². The first-order valence-electron chi connectivity index (χ1n) is 11.0. The maximum Gasteiger partial charge on any atom is 0.260 e. The number of fused-ring (bicyclic) bond motifs is 1. The Hall–Kier alpha value is -3.55. The molecule has 0 radical (unpaired) electrons. The van der Waals surface area contributed by atoms with Crippen molar-refractivity contribution in [2.45, 2.75) is 6.92 Å². The molecule has 8 heteroatoms. The predicted molar refractivity (Wildman–Crippen MR) is 130 cm³/mol. The molecule has 0 spiro atoms. The minimum atomic E-state index is -0.446. The van der Waals surface area contributed by atoms with Crippen molar-refractivity contribution >= 4 is 28.4 Å². The minimum absolute atomic E-state index is 0.137. The molecule has 2 N–H and O–H groups in total. The van der Waals surface area contributed by atoms with Crippen LogP contribution in [0.2, 0.25) is 5.02 Å². The molecule has 3 aromatic carbocycles. The van der Waals surface area contributed by atoms with Crippen LogP contribution in [-0.4, -0.2) is 46.7 Å². The molecule has 0 saturated carbocycles. The van der Waals surface area contributed by atoms with Crippen LogP contribution in [0.3, 0.4) is 0 Å². The Morgan fingerprint density at radius 1 is 1.09 bits per heavy atom. The van der Waals surface area contributed by atoms with Gasteiger partial charge >= 0.3 is 0 Å². The Kier molecular flexibility index (Phi) is 5.89. The maximum absolute atomic E-state index is 14.1. The van der Waals surface area contributed by atoms with Crippen molar-refractivity contribution in [1.29, 1.82) is 0 Å². The Labute approximate surface area is 201 Å². The second-order valence-corrected chi connectivity index (χ2v) is 8.63. The van der Waals surface area contributed by atoms with Gasteiger partial charge in [0.25, 0.3) is 5.91 Å². The topological polar surface area (TPSA) is 66.7 Å². The fraction of sp³-hybridized carbons (Fsp3) is 0.192. The lowest BCUT2D eigenvalue weighted by Gasteiger charge is -2.27. The van der Waals surface area contributed by atoms with Crippen LogP contribution in [0.25, 0.3) is 16.6 Å². The zero-order valence-electron chi connectivity index (χ0n) is 18.5. The molecule has 0 atom stereocenters. The third-order valence-corrected chi connectivity index (χ3v) is 6.28. The highest BCUT2D eigenvalue weighted by atomic mass is 35.5. The van der Waals surface area contributed by atoms with E-state index in [9.17, 15) is 14.3 Å². The van der Waals surface area contributed by atoms with Crippen LogP contribution in [0.15, 0.2) is 60.7 Å². The van der Waals surface area contributed by atoms with E-state index >= 15 is 0 Å². The number of benzene rings is 3. The summed E-state index contributed by atoms with van der Waals surface area (Å²) in [5, 5.41) is 14.3. The number of aromatic nitrogens is 1. The Morgan fingerprint density at radius 2 is 1.82 bits per heavy atom. The van der Waals surface area contributed by atoms with E-state index in [2.05, 4.69) is 5.32 Å². The van der Waals surface area contributed by atoms with Crippen LogP contribution in [0, 0.1) is 12.7 Å². The summed E-state index contributed by atoms with van der Waals surface area (Å²) in [6.07, 6.45) is 0. The molecular weight excluding hydrogens is 457 g/mol. The summed E-state index contributed by atoms with van der Waals surface area (Å²) < 4.78 is 22.2. The van der Waals surface area contributed by atoms with E-state index in [-0.39, 0.29) is 28.1 Å². The lowest BCUT2D eigenvalue weighted by Crippen LogP contribution is -2.46. The number of ether oxygens (including phenoxy) is 1. The van der Waals surface area contributed by atoms with Gasteiger partial charge in [-0.3, -0.25) is 9.36 Å². The summed E-state index contributed by atoms with van der Waals surface area (Å²) >= 11 is 6.29. The molecule has 2 heterocycles. The van der Waals surface area contributed by atoms with E-state index in [0.717, 1.165) is 5.69 Å². The number of phenols is 1. The summed E-state index contributed by atoms with van der Waals surface area (Å²) in [7, 11) is 0. The predicted octanol–water partition coefficient (Wildman–Crippen LogP) is 5.27. The van der Waals surface area contributed by atoms with Crippen molar-refractivity contribution in [3.63, 3.8) is 0 Å². The number of amides is 1. The number of hydrogen-bond donors (Lipinski definition) is 2. The number of para-hydroxylation sites is 1. The number of rotatable bonds is 4. The van der Waals surface area contributed by atoms with Gasteiger partial charge in [-0.05, 0) is 42.8 Å². The van der Waals surface area contributed by atoms with Crippen molar-refractivity contribution in [2.75, 3.05) is 26.2 Å². The second-order valence-electron chi connectivity index (χ2n) is 8.23. The van der Waals surface area contributed by atoms with Gasteiger partial charge < -0.3 is 20.1 Å². The molecule has 0 unspecified atom stereocenters. The Bertz CT molecular complexity index is 1380. The summed E-state index contributed by atoms with van der Waals surface area (Å²) in [4.78, 5) is 15.6. The summed E-state index contributed by atoms with van der Waals surface area (Å²) in [6, 6.07) is 16.8. The normalized spacial score (nSPS) is 13.9. The average molecular weight is 480 g/mol. The van der Waals surface area contributed by atoms with Crippen LogP contribution in [0.5, 0.6) is 17.4 Å². The van der Waals surface area contributed by atoms with E-state index in [0.29, 0.717) is 48.4 Å². The number of piperazine rings is 1. The molecule has 6 nitrogen and oxygen atoms in total. The molecule has 1 aliphatic heterocycles. The lowest BCUT2D eigenvalue weighted by atomic mass is 10.1. The van der Waals surface area contributed by atoms with Gasteiger partial charge in [-0.15, -0.1) is 0 Å². The number of phenolic OH excluding ortho intramolecular Hbond substituents is 1. The molecule has 1 fully saturated rings. The van der Waals surface area contributed by atoms with Crippen molar-refractivity contribution in [1.82, 2.24) is 14.8 Å². The number of aromatic hydroxyl groups is 1. The number of hydrogen-bond acceptors (Lipinski definition) is 4. The van der Waals surface area contributed by atoms with E-state index in [4.69, 9.17) is 16.3 Å². The maximum atomic E-state index is 14.1. The van der Waals surface area contributed by atoms with Crippen LogP contribution in [0.4, 0.5) is 4.39 Å². The van der Waals surface area contributed by atoms with Gasteiger partial charge in [0.15, 0.2) is 0 Å². The fourth-order valence-corrected chi connectivity index (χ4v) is 4.38. The van der Waals surface area contributed by atoms with Gasteiger partial charge in [-0.25, -0.2) is 4.39 Å². The van der Waals surface area contributed by atoms with Crippen molar-refractivity contribution in [3.8, 4) is 23.1 Å². The van der Waals surface area contributed by atoms with Crippen LogP contribution < -0.4 is 10.1 Å². The van der Waals surface area contributed by atoms with Gasteiger partial charge in [-0.2, -0.15) is 0 Å². The van der Waals surface area contributed by atoms with Gasteiger partial charge in [0.1, 0.15) is 22.9 Å². The first-order valence-corrected chi connectivity index (χ1v) is 11.4. The van der Waals surface area contributed by atoms with Crippen molar-refractivity contribution in [2.24, 2.45) is 0 Å². The molecule has 174 valence electrons. The smallest absolute Gasteiger partial charge is 0.260 e. The molecule has 1 amide bonds. The standard InChI is InChI=1S/C26H23ClFN3O3/c1-16-7-8-17(28)13-23(16)34-26-24(25(33)30-11-9-29-10-12-30)19-14-22(32)20(27)15-21(19)31(26)18-5-3-2-4-6-18/h2-8,13-15,29,32H,9-12H2,1H3. The van der Waals surface area contributed by atoms with E-state index in [1.807, 2.05) is 37.3 Å². The summed E-state index contributed by atoms with van der Waals surface area (Å²) in [6.45, 7) is 4.24. The first-order chi connectivity index (χ1) is 16.4. The van der Waals surface area contributed by atoms with Gasteiger partial charge in [0.05, 0.1) is 10.5 Å². The van der Waals surface area contributed by atoms with Crippen LogP contribution in [0.1, 0.15) is 15.9 Å². The summed E-state index contributed by atoms with van der Waals surface area (Å²) in [5.74, 6) is -0.280. The van der Waals surface area contributed by atoms with Crippen molar-refractivity contribution < 1.29 is 19.0 Å². The zero-order chi connectivity index (χ0) is 23.8. The summed E-state index contributed by atoms with van der Waals surface area (Å²) in [5.41, 5.74) is 2.33. The molecule has 1 aromatic heterocycles. The van der Waals surface area contributed by atoms with E-state index < -0.39 is 5.82 Å². The molecule has 1 saturated heterocycles. The van der Waals surface area contributed by atoms with Gasteiger partial charge in [0.2, 0.25) is 5.88 Å². The van der Waals surface area contributed by atoms with E-state index in [1.54, 1.807) is 21.6 Å². The third kappa shape index (κ3) is 3.97. The van der Waals surface area contributed by atoms with Gasteiger partial charge in [0, 0.05) is 43.3 Å². The average Bonchev–Trinajstić information content (AvgIpc) is 3.14. The first kappa shape index (κ1) is 22.3. The SMILES string of the molecule is Cc1ccc(F)cc1Oc1c(C(=O)N2CCNCC2)c2cc(O)c(Cl)cc2n1-c1ccccc1. The number of nitrogens with one attached hydrogen (secondary N) is 1. The number of nitrogens with zero attached hydrogens (tertiary/aromatic N) is 2. The highest BCUT2D eigenvalue weighted by molar-refractivity contribution is 6.33. The van der Waals surface area contributed by atoms with Crippen LogP contribution >= 0.6 is 11.6 Å². The number of carbonyl (C=O) groups excluding carboxylic acids is 1. The third-order valence-electron chi connectivity index (χ3n) is 5.98.